The third-order valence-corrected chi connectivity index (χ3v) is 2.18. The lowest BCUT2D eigenvalue weighted by molar-refractivity contribution is -0.117. The van der Waals surface area contributed by atoms with Crippen molar-refractivity contribution in [2.45, 2.75) is 6.42 Å². The fourth-order valence-corrected chi connectivity index (χ4v) is 1.49. The second-order valence-electron chi connectivity index (χ2n) is 3.02. The number of carbonyl (C=O) groups excluding carboxylic acids is 1. The molecule has 70 valence electrons. The van der Waals surface area contributed by atoms with Crippen LogP contribution < -0.4 is 10.6 Å². The quantitative estimate of drug-likeness (QED) is 0.637. The zero-order valence-electron chi connectivity index (χ0n) is 7.28. The Kier molecular flexibility index (Phi) is 2.48. The highest BCUT2D eigenvalue weighted by Gasteiger charge is 2.23. The highest BCUT2D eigenvalue weighted by molar-refractivity contribution is 6.01. The van der Waals surface area contributed by atoms with Gasteiger partial charge in [0.05, 0.1) is 6.42 Å². The number of hydrogen-bond donors (Lipinski definition) is 1. The zero-order valence-corrected chi connectivity index (χ0v) is 8.10. The number of nitrogens with two attached hydrogens (primary N) is 1. The maximum atomic E-state index is 11.2. The number of amides is 1. The molecule has 1 aromatic rings. The highest BCUT2D eigenvalue weighted by Crippen LogP contribution is 2.28. The molecule has 0 saturated carbocycles. The SMILES string of the molecule is CN1C(=O)Cc2cc(N)ccc21.Cl. The van der Waals surface area contributed by atoms with Crippen LogP contribution in [0.2, 0.25) is 0 Å². The Balaban J connectivity index is 0.000000845. The van der Waals surface area contributed by atoms with E-state index in [1.165, 1.54) is 0 Å². The topological polar surface area (TPSA) is 46.3 Å². The molecule has 0 atom stereocenters. The van der Waals surface area contributed by atoms with E-state index in [1.54, 1.807) is 11.9 Å². The molecule has 2 N–H and O–H groups in total. The molecule has 1 aromatic carbocycles. The van der Waals surface area contributed by atoms with Crippen LogP contribution in [0.4, 0.5) is 11.4 Å². The molecule has 0 bridgehead atoms. The van der Waals surface area contributed by atoms with Gasteiger partial charge in [-0.05, 0) is 23.8 Å². The van der Waals surface area contributed by atoms with Crippen LogP contribution in [0, 0.1) is 0 Å². The molecule has 0 aliphatic carbocycles. The second-order valence-corrected chi connectivity index (χ2v) is 3.02. The van der Waals surface area contributed by atoms with Crippen LogP contribution in [-0.4, -0.2) is 13.0 Å². The van der Waals surface area contributed by atoms with E-state index in [4.69, 9.17) is 5.73 Å². The van der Waals surface area contributed by atoms with Gasteiger partial charge >= 0.3 is 0 Å². The molecule has 0 saturated heterocycles. The van der Waals surface area contributed by atoms with Crippen molar-refractivity contribution in [3.05, 3.63) is 23.8 Å². The molecular weight excluding hydrogens is 188 g/mol. The number of hydrogen-bond acceptors (Lipinski definition) is 2. The van der Waals surface area contributed by atoms with E-state index in [1.807, 2.05) is 18.2 Å². The molecule has 3 nitrogen and oxygen atoms in total. The first-order valence-electron chi connectivity index (χ1n) is 3.83. The summed E-state index contributed by atoms with van der Waals surface area (Å²) in [5.41, 5.74) is 8.32. The lowest BCUT2D eigenvalue weighted by atomic mass is 10.1. The Labute approximate surface area is 82.9 Å². The van der Waals surface area contributed by atoms with E-state index in [2.05, 4.69) is 0 Å². The normalized spacial score (nSPS) is 13.9. The minimum atomic E-state index is 0. The molecule has 1 amide bonds. The Hall–Kier alpha value is -1.22. The number of nitrogens with zero attached hydrogens (tertiary/aromatic N) is 1. The van der Waals surface area contributed by atoms with Gasteiger partial charge in [0.1, 0.15) is 0 Å². The molecule has 0 spiro atoms. The molecule has 1 aliphatic rings. The fourth-order valence-electron chi connectivity index (χ4n) is 1.49. The van der Waals surface area contributed by atoms with E-state index in [-0.39, 0.29) is 18.3 Å². The van der Waals surface area contributed by atoms with Gasteiger partial charge < -0.3 is 10.6 Å². The van der Waals surface area contributed by atoms with Crippen LogP contribution in [0.1, 0.15) is 5.56 Å². The van der Waals surface area contributed by atoms with Crippen molar-refractivity contribution in [2.75, 3.05) is 17.7 Å². The van der Waals surface area contributed by atoms with Gasteiger partial charge in [0.15, 0.2) is 0 Å². The zero-order chi connectivity index (χ0) is 8.72. The fraction of sp³-hybridized carbons (Fsp3) is 0.222. The molecular formula is C9H11ClN2O. The summed E-state index contributed by atoms with van der Waals surface area (Å²) in [6.07, 6.45) is 0.483. The number of nitrogen functional groups attached to an aromatic ring is 1. The first-order chi connectivity index (χ1) is 5.68. The van der Waals surface area contributed by atoms with Crippen molar-refractivity contribution in [3.63, 3.8) is 0 Å². The van der Waals surface area contributed by atoms with Gasteiger partial charge in [0, 0.05) is 18.4 Å². The summed E-state index contributed by atoms with van der Waals surface area (Å²) >= 11 is 0. The summed E-state index contributed by atoms with van der Waals surface area (Å²) in [5, 5.41) is 0. The summed E-state index contributed by atoms with van der Waals surface area (Å²) in [7, 11) is 1.78. The molecule has 2 rings (SSSR count). The van der Waals surface area contributed by atoms with Gasteiger partial charge in [-0.2, -0.15) is 0 Å². The highest BCUT2D eigenvalue weighted by atomic mass is 35.5. The molecule has 0 fully saturated rings. The molecule has 4 heteroatoms. The Bertz CT molecular complexity index is 351. The number of anilines is 2. The van der Waals surface area contributed by atoms with Crippen molar-refractivity contribution in [1.82, 2.24) is 0 Å². The standard InChI is InChI=1S/C9H10N2O.ClH/c1-11-8-3-2-7(10)4-6(8)5-9(11)12;/h2-4H,5,10H2,1H3;1H. The summed E-state index contributed by atoms with van der Waals surface area (Å²) in [4.78, 5) is 12.9. The maximum absolute atomic E-state index is 11.2. The van der Waals surface area contributed by atoms with Crippen molar-refractivity contribution in [2.24, 2.45) is 0 Å². The lowest BCUT2D eigenvalue weighted by Crippen LogP contribution is -2.20. The minimum absolute atomic E-state index is 0. The van der Waals surface area contributed by atoms with E-state index in [0.717, 1.165) is 16.9 Å². The van der Waals surface area contributed by atoms with E-state index in [0.29, 0.717) is 6.42 Å². The van der Waals surface area contributed by atoms with Crippen LogP contribution in [0.5, 0.6) is 0 Å². The van der Waals surface area contributed by atoms with Gasteiger partial charge in [0.25, 0.3) is 0 Å². The van der Waals surface area contributed by atoms with Crippen LogP contribution in [0.15, 0.2) is 18.2 Å². The number of fused-ring (bicyclic) bond motifs is 1. The van der Waals surface area contributed by atoms with Crippen LogP contribution >= 0.6 is 12.4 Å². The van der Waals surface area contributed by atoms with E-state index >= 15 is 0 Å². The van der Waals surface area contributed by atoms with Gasteiger partial charge in [-0.25, -0.2) is 0 Å². The molecule has 0 radical (unpaired) electrons. The largest absolute Gasteiger partial charge is 0.399 e. The number of likely N-dealkylation sites (N-methyl/N-ethyl adjacent to an activating group) is 1. The first kappa shape index (κ1) is 9.86. The van der Waals surface area contributed by atoms with Crippen LogP contribution in [-0.2, 0) is 11.2 Å². The van der Waals surface area contributed by atoms with Gasteiger partial charge in [-0.15, -0.1) is 12.4 Å². The Morgan fingerprint density at radius 3 is 2.85 bits per heavy atom. The molecule has 1 aliphatic heterocycles. The molecule has 13 heavy (non-hydrogen) atoms. The summed E-state index contributed by atoms with van der Waals surface area (Å²) in [5.74, 6) is 0.135. The van der Waals surface area contributed by atoms with E-state index in [9.17, 15) is 4.79 Å². The number of benzene rings is 1. The van der Waals surface area contributed by atoms with Crippen LogP contribution in [0.3, 0.4) is 0 Å². The van der Waals surface area contributed by atoms with Crippen LogP contribution in [0.25, 0.3) is 0 Å². The van der Waals surface area contributed by atoms with Gasteiger partial charge in [0.2, 0.25) is 5.91 Å². The van der Waals surface area contributed by atoms with Crippen molar-refractivity contribution >= 4 is 29.7 Å². The first-order valence-corrected chi connectivity index (χ1v) is 3.83. The van der Waals surface area contributed by atoms with Crippen molar-refractivity contribution < 1.29 is 4.79 Å². The molecule has 0 unspecified atom stereocenters. The van der Waals surface area contributed by atoms with E-state index < -0.39 is 0 Å². The smallest absolute Gasteiger partial charge is 0.231 e. The molecule has 1 heterocycles. The average molecular weight is 199 g/mol. The van der Waals surface area contributed by atoms with Crippen molar-refractivity contribution in [1.29, 1.82) is 0 Å². The minimum Gasteiger partial charge on any atom is -0.399 e. The Morgan fingerprint density at radius 2 is 2.15 bits per heavy atom. The third kappa shape index (κ3) is 1.47. The predicted molar refractivity (Wildman–Crippen MR) is 55.2 cm³/mol. The predicted octanol–water partition coefficient (Wildman–Crippen LogP) is 1.21. The average Bonchev–Trinajstić information content (AvgIpc) is 2.28. The number of rotatable bonds is 0. The lowest BCUT2D eigenvalue weighted by Gasteiger charge is -2.09. The third-order valence-electron chi connectivity index (χ3n) is 2.18. The number of carbonyl (C=O) groups is 1. The maximum Gasteiger partial charge on any atom is 0.231 e. The molecule has 0 aromatic heterocycles. The second kappa shape index (κ2) is 3.26. The van der Waals surface area contributed by atoms with Gasteiger partial charge in [-0.1, -0.05) is 0 Å². The monoisotopic (exact) mass is 198 g/mol. The summed E-state index contributed by atoms with van der Waals surface area (Å²) in [6, 6.07) is 5.56. The van der Waals surface area contributed by atoms with Gasteiger partial charge in [-0.3, -0.25) is 4.79 Å². The summed E-state index contributed by atoms with van der Waals surface area (Å²) < 4.78 is 0. The Morgan fingerprint density at radius 1 is 1.46 bits per heavy atom. The number of halogens is 1. The summed E-state index contributed by atoms with van der Waals surface area (Å²) in [6.45, 7) is 0. The van der Waals surface area contributed by atoms with Crippen molar-refractivity contribution in [3.8, 4) is 0 Å².